The van der Waals surface area contributed by atoms with Gasteiger partial charge in [-0.15, -0.1) is 0 Å². The van der Waals surface area contributed by atoms with Crippen molar-refractivity contribution < 1.29 is 9.90 Å². The van der Waals surface area contributed by atoms with Gasteiger partial charge in [0.05, 0.1) is 12.6 Å². The number of nitrogens with one attached hydrogen (secondary N) is 2. The monoisotopic (exact) mass is 435 g/mol. The van der Waals surface area contributed by atoms with Crippen molar-refractivity contribution in [3.8, 4) is 0 Å². The number of hydrogen-bond donors (Lipinski definition) is 3. The highest BCUT2D eigenvalue weighted by molar-refractivity contribution is 6.30. The number of hydrogen-bond acceptors (Lipinski definition) is 3. The number of carbonyl (C=O) groups is 1. The predicted molar refractivity (Wildman–Crippen MR) is 124 cm³/mol. The molecule has 1 aliphatic rings. The first-order valence-corrected chi connectivity index (χ1v) is 11.0. The second-order valence-corrected chi connectivity index (χ2v) is 8.27. The number of halogens is 1. The van der Waals surface area contributed by atoms with E-state index in [9.17, 15) is 9.90 Å². The Hall–Kier alpha value is -2.89. The van der Waals surface area contributed by atoms with E-state index in [1.54, 1.807) is 0 Å². The van der Waals surface area contributed by atoms with Crippen LogP contribution in [0.4, 0.5) is 0 Å². The second-order valence-electron chi connectivity index (χ2n) is 7.83. The average Bonchev–Trinajstić information content (AvgIpc) is 3.18. The third kappa shape index (κ3) is 5.06. The fourth-order valence-corrected chi connectivity index (χ4v) is 4.28. The Morgan fingerprint density at radius 1 is 1.13 bits per heavy atom. The molecule has 5 nitrogen and oxygen atoms in total. The third-order valence-corrected chi connectivity index (χ3v) is 5.86. The Kier molecular flexibility index (Phi) is 6.85. The molecule has 1 aromatic heterocycles. The third-order valence-electron chi connectivity index (χ3n) is 5.63. The summed E-state index contributed by atoms with van der Waals surface area (Å²) in [6, 6.07) is 16.7. The largest absolute Gasteiger partial charge is 0.394 e. The van der Waals surface area contributed by atoms with Crippen molar-refractivity contribution in [1.29, 1.82) is 0 Å². The van der Waals surface area contributed by atoms with Crippen molar-refractivity contribution in [2.75, 3.05) is 6.61 Å². The molecule has 0 spiro atoms. The lowest BCUT2D eigenvalue weighted by Crippen LogP contribution is -2.31. The first-order chi connectivity index (χ1) is 15.2. The standard InChI is InChI=1S/C25H26ClN3O2/c26-20-12-7-8-17(15-20)14-19-11-5-2-6-13-21-23(19)24(29-28-21)25(31)27-22(16-30)18-9-3-1-4-10-18/h1,3-4,7-10,12,14-15,22,30H,2,5-6,11,13,16H2,(H,27,31)(H,28,29)/t22-/m0/s1. The van der Waals surface area contributed by atoms with Gasteiger partial charge in [0.15, 0.2) is 5.69 Å². The van der Waals surface area contributed by atoms with Gasteiger partial charge in [-0.05, 0) is 54.5 Å². The maximum atomic E-state index is 13.2. The summed E-state index contributed by atoms with van der Waals surface area (Å²) in [7, 11) is 0. The van der Waals surface area contributed by atoms with Gasteiger partial charge in [0, 0.05) is 16.3 Å². The minimum absolute atomic E-state index is 0.187. The number of amides is 1. The summed E-state index contributed by atoms with van der Waals surface area (Å²) in [6.45, 7) is -0.187. The van der Waals surface area contributed by atoms with E-state index in [0.29, 0.717) is 10.7 Å². The van der Waals surface area contributed by atoms with Crippen LogP contribution in [0.1, 0.15) is 64.6 Å². The predicted octanol–water partition coefficient (Wildman–Crippen LogP) is 5.18. The van der Waals surface area contributed by atoms with Gasteiger partial charge in [0.2, 0.25) is 0 Å². The van der Waals surface area contributed by atoms with Gasteiger partial charge in [-0.2, -0.15) is 5.10 Å². The first kappa shape index (κ1) is 21.3. The Morgan fingerprint density at radius 2 is 1.94 bits per heavy atom. The van der Waals surface area contributed by atoms with Gasteiger partial charge in [0.25, 0.3) is 5.91 Å². The molecule has 0 saturated heterocycles. The number of rotatable bonds is 5. The van der Waals surface area contributed by atoms with Crippen molar-refractivity contribution >= 4 is 29.2 Å². The van der Waals surface area contributed by atoms with Crippen LogP contribution in [0, 0.1) is 0 Å². The van der Waals surface area contributed by atoms with Crippen LogP contribution >= 0.6 is 11.6 Å². The van der Waals surface area contributed by atoms with E-state index in [4.69, 9.17) is 11.6 Å². The van der Waals surface area contributed by atoms with E-state index in [-0.39, 0.29) is 12.5 Å². The molecular weight excluding hydrogens is 410 g/mol. The fourth-order valence-electron chi connectivity index (χ4n) is 4.08. The lowest BCUT2D eigenvalue weighted by molar-refractivity contribution is 0.0911. The molecule has 1 atom stereocenters. The molecule has 0 bridgehead atoms. The minimum atomic E-state index is -0.491. The molecule has 0 fully saturated rings. The van der Waals surface area contributed by atoms with Crippen molar-refractivity contribution in [3.05, 3.63) is 87.7 Å². The van der Waals surface area contributed by atoms with Crippen molar-refractivity contribution in [2.24, 2.45) is 0 Å². The number of benzene rings is 2. The smallest absolute Gasteiger partial charge is 0.272 e. The van der Waals surface area contributed by atoms with Crippen LogP contribution in [-0.2, 0) is 6.42 Å². The van der Waals surface area contributed by atoms with Crippen LogP contribution in [0.3, 0.4) is 0 Å². The van der Waals surface area contributed by atoms with Crippen molar-refractivity contribution in [1.82, 2.24) is 15.5 Å². The van der Waals surface area contributed by atoms with Crippen LogP contribution in [0.15, 0.2) is 54.6 Å². The molecule has 160 valence electrons. The van der Waals surface area contributed by atoms with E-state index in [1.807, 2.05) is 54.6 Å². The van der Waals surface area contributed by atoms with Gasteiger partial charge < -0.3 is 10.4 Å². The number of nitrogens with zero attached hydrogens (tertiary/aromatic N) is 1. The van der Waals surface area contributed by atoms with E-state index >= 15 is 0 Å². The second kappa shape index (κ2) is 9.94. The van der Waals surface area contributed by atoms with Crippen molar-refractivity contribution in [3.63, 3.8) is 0 Å². The zero-order valence-electron chi connectivity index (χ0n) is 17.3. The zero-order valence-corrected chi connectivity index (χ0v) is 18.0. The van der Waals surface area contributed by atoms with Crippen molar-refractivity contribution in [2.45, 2.75) is 38.1 Å². The Morgan fingerprint density at radius 3 is 2.71 bits per heavy atom. The average molecular weight is 436 g/mol. The number of aromatic amines is 1. The number of aliphatic hydroxyl groups excluding tert-OH is 1. The number of aromatic nitrogens is 2. The molecule has 4 rings (SSSR count). The summed E-state index contributed by atoms with van der Waals surface area (Å²) < 4.78 is 0. The molecule has 3 N–H and O–H groups in total. The quantitative estimate of drug-likeness (QED) is 0.516. The summed E-state index contributed by atoms with van der Waals surface area (Å²) in [6.07, 6.45) is 7.06. The molecule has 0 unspecified atom stereocenters. The number of fused-ring (bicyclic) bond motifs is 1. The minimum Gasteiger partial charge on any atom is -0.394 e. The maximum absolute atomic E-state index is 13.2. The Labute approximate surface area is 187 Å². The van der Waals surface area contributed by atoms with Crippen LogP contribution in [0.2, 0.25) is 5.02 Å². The lowest BCUT2D eigenvalue weighted by Gasteiger charge is -2.18. The number of aliphatic hydroxyl groups is 1. The zero-order chi connectivity index (χ0) is 21.6. The number of H-pyrrole nitrogens is 1. The number of aryl methyl sites for hydroxylation is 1. The van der Waals surface area contributed by atoms with Gasteiger partial charge in [0.1, 0.15) is 0 Å². The highest BCUT2D eigenvalue weighted by atomic mass is 35.5. The molecule has 6 heteroatoms. The van der Waals surface area contributed by atoms with E-state index in [1.165, 1.54) is 0 Å². The molecule has 3 aromatic rings. The molecule has 1 heterocycles. The van der Waals surface area contributed by atoms with Crippen LogP contribution in [-0.4, -0.2) is 27.8 Å². The van der Waals surface area contributed by atoms with E-state index < -0.39 is 6.04 Å². The van der Waals surface area contributed by atoms with Crippen LogP contribution in [0.5, 0.6) is 0 Å². The Bertz CT molecular complexity index is 1080. The van der Waals surface area contributed by atoms with E-state index in [2.05, 4.69) is 21.6 Å². The van der Waals surface area contributed by atoms with Crippen LogP contribution in [0.25, 0.3) is 11.6 Å². The molecule has 0 radical (unpaired) electrons. The summed E-state index contributed by atoms with van der Waals surface area (Å²) >= 11 is 6.18. The Balaban J connectivity index is 1.69. The van der Waals surface area contributed by atoms with Crippen LogP contribution < -0.4 is 5.32 Å². The van der Waals surface area contributed by atoms with Gasteiger partial charge in [-0.25, -0.2) is 0 Å². The molecule has 31 heavy (non-hydrogen) atoms. The fraction of sp³-hybridized carbons (Fsp3) is 0.280. The lowest BCUT2D eigenvalue weighted by atomic mass is 9.90. The first-order valence-electron chi connectivity index (χ1n) is 10.7. The van der Waals surface area contributed by atoms with E-state index in [0.717, 1.165) is 60.1 Å². The highest BCUT2D eigenvalue weighted by Crippen LogP contribution is 2.32. The summed E-state index contributed by atoms with van der Waals surface area (Å²) in [5, 5.41) is 21.0. The topological polar surface area (TPSA) is 78.0 Å². The molecule has 1 amide bonds. The van der Waals surface area contributed by atoms with Gasteiger partial charge in [-0.1, -0.05) is 66.6 Å². The molecular formula is C25H26ClN3O2. The molecule has 0 aliphatic heterocycles. The maximum Gasteiger partial charge on any atom is 0.272 e. The number of allylic oxidation sites excluding steroid dienone is 1. The van der Waals surface area contributed by atoms with Gasteiger partial charge in [-0.3, -0.25) is 9.89 Å². The molecule has 0 saturated carbocycles. The summed E-state index contributed by atoms with van der Waals surface area (Å²) in [5.41, 5.74) is 5.17. The molecule has 2 aromatic carbocycles. The normalized spacial score (nSPS) is 16.3. The summed E-state index contributed by atoms with van der Waals surface area (Å²) in [4.78, 5) is 13.2. The van der Waals surface area contributed by atoms with Gasteiger partial charge >= 0.3 is 0 Å². The SMILES string of the molecule is O=C(N[C@@H](CO)c1ccccc1)c1n[nH]c2c1C(=Cc1cccc(Cl)c1)CCCCC2. The number of carbonyl (C=O) groups excluding carboxylic acids is 1. The summed E-state index contributed by atoms with van der Waals surface area (Å²) in [5.74, 6) is -0.294. The molecule has 1 aliphatic carbocycles. The highest BCUT2D eigenvalue weighted by Gasteiger charge is 2.25.